The van der Waals surface area contributed by atoms with E-state index >= 15 is 0 Å². The summed E-state index contributed by atoms with van der Waals surface area (Å²) in [7, 11) is -3.66. The highest BCUT2D eigenvalue weighted by Crippen LogP contribution is 2.45. The minimum absolute atomic E-state index is 0.812. The maximum absolute atomic E-state index is 11.2. The van der Waals surface area contributed by atoms with Crippen molar-refractivity contribution in [3.63, 3.8) is 0 Å². The van der Waals surface area contributed by atoms with Crippen LogP contribution in [0.15, 0.2) is 0 Å². The van der Waals surface area contributed by atoms with Gasteiger partial charge in [0.05, 0.1) is 6.61 Å². The Morgan fingerprint density at radius 2 is 2.12 bits per heavy atom. The summed E-state index contributed by atoms with van der Waals surface area (Å²) in [6.45, 7) is -0.812. The van der Waals surface area contributed by atoms with E-state index in [-0.39, 0.29) is 0 Å². The number of aliphatic hydroxyl groups is 2. The van der Waals surface area contributed by atoms with Gasteiger partial charge in [0.1, 0.15) is 6.10 Å². The molecule has 1 saturated heterocycles. The van der Waals surface area contributed by atoms with E-state index in [2.05, 4.69) is 13.8 Å². The first kappa shape index (κ1) is 14.2. The summed E-state index contributed by atoms with van der Waals surface area (Å²) in [5, 5.41) is 17.9. The van der Waals surface area contributed by atoms with Gasteiger partial charge < -0.3 is 19.8 Å². The van der Waals surface area contributed by atoms with E-state index in [9.17, 15) is 19.3 Å². The second-order valence-electron chi connectivity index (χ2n) is 3.16. The molecule has 1 rings (SSSR count). The van der Waals surface area contributed by atoms with Crippen molar-refractivity contribution in [2.24, 2.45) is 0 Å². The second kappa shape index (κ2) is 5.21. The topological polar surface area (TPSA) is 140 Å². The van der Waals surface area contributed by atoms with Crippen LogP contribution in [0.5, 0.6) is 0 Å². The van der Waals surface area contributed by atoms with Crippen LogP contribution in [-0.4, -0.2) is 58.9 Å². The Bertz CT molecular complexity index is 366. The van der Waals surface area contributed by atoms with E-state index in [1.165, 1.54) is 0 Å². The maximum atomic E-state index is 11.2. The highest BCUT2D eigenvalue weighted by Gasteiger charge is 2.50. The third kappa shape index (κ3) is 3.09. The SMILES string of the molecule is COP(=O)(O)OC1C(=O)C(=O)OC1C(O)CO. The Labute approximate surface area is 95.5 Å². The third-order valence-electron chi connectivity index (χ3n) is 2.04. The van der Waals surface area contributed by atoms with Crippen molar-refractivity contribution in [3.05, 3.63) is 0 Å². The van der Waals surface area contributed by atoms with Crippen LogP contribution in [0.3, 0.4) is 0 Å². The van der Waals surface area contributed by atoms with E-state index in [4.69, 9.17) is 10.00 Å². The molecule has 0 saturated carbocycles. The van der Waals surface area contributed by atoms with E-state index in [0.717, 1.165) is 7.11 Å². The predicted octanol–water partition coefficient (Wildman–Crippen LogP) is -2.03. The summed E-state index contributed by atoms with van der Waals surface area (Å²) < 4.78 is 24.0. The average Bonchev–Trinajstić information content (AvgIpc) is 2.56. The van der Waals surface area contributed by atoms with Gasteiger partial charge in [0.2, 0.25) is 0 Å². The van der Waals surface area contributed by atoms with E-state index < -0.39 is 44.5 Å². The zero-order valence-corrected chi connectivity index (χ0v) is 9.57. The molecule has 17 heavy (non-hydrogen) atoms. The molecule has 3 N–H and O–H groups in total. The Balaban J connectivity index is 2.88. The van der Waals surface area contributed by atoms with Crippen LogP contribution in [0.4, 0.5) is 0 Å². The number of phosphoric acid groups is 1. The van der Waals surface area contributed by atoms with Crippen molar-refractivity contribution in [2.45, 2.75) is 18.3 Å². The molecule has 0 aliphatic carbocycles. The molecular weight excluding hydrogens is 259 g/mol. The van der Waals surface area contributed by atoms with Crippen LogP contribution < -0.4 is 0 Å². The number of rotatable bonds is 5. The number of ketones is 1. The first-order chi connectivity index (χ1) is 7.82. The van der Waals surface area contributed by atoms with Gasteiger partial charge in [-0.05, 0) is 0 Å². The Hall–Kier alpha value is -0.830. The number of hydrogen-bond acceptors (Lipinski definition) is 8. The van der Waals surface area contributed by atoms with Gasteiger partial charge in [-0.3, -0.25) is 13.8 Å². The molecule has 1 aliphatic rings. The van der Waals surface area contributed by atoms with Crippen molar-refractivity contribution >= 4 is 19.6 Å². The fourth-order valence-corrected chi connectivity index (χ4v) is 1.78. The lowest BCUT2D eigenvalue weighted by molar-refractivity contribution is -0.151. The van der Waals surface area contributed by atoms with Crippen LogP contribution in [0.25, 0.3) is 0 Å². The van der Waals surface area contributed by atoms with Gasteiger partial charge in [-0.25, -0.2) is 9.36 Å². The predicted molar refractivity (Wildman–Crippen MR) is 49.7 cm³/mol. The quantitative estimate of drug-likeness (QED) is 0.293. The van der Waals surface area contributed by atoms with Gasteiger partial charge in [-0.15, -0.1) is 0 Å². The van der Waals surface area contributed by atoms with Crippen molar-refractivity contribution in [3.8, 4) is 0 Å². The zero-order valence-electron chi connectivity index (χ0n) is 8.68. The van der Waals surface area contributed by atoms with Gasteiger partial charge in [0.15, 0.2) is 12.2 Å². The molecule has 4 atom stereocenters. The normalized spacial score (nSPS) is 29.9. The minimum Gasteiger partial charge on any atom is -0.450 e. The van der Waals surface area contributed by atoms with E-state index in [0.29, 0.717) is 0 Å². The largest absolute Gasteiger partial charge is 0.472 e. The molecule has 1 aliphatic heterocycles. The van der Waals surface area contributed by atoms with Gasteiger partial charge in [0.25, 0.3) is 5.78 Å². The van der Waals surface area contributed by atoms with Crippen molar-refractivity contribution in [2.75, 3.05) is 13.7 Å². The van der Waals surface area contributed by atoms with Crippen LogP contribution in [0.1, 0.15) is 0 Å². The molecule has 9 nitrogen and oxygen atoms in total. The molecule has 0 aromatic rings. The number of esters is 1. The van der Waals surface area contributed by atoms with Gasteiger partial charge in [-0.2, -0.15) is 0 Å². The first-order valence-corrected chi connectivity index (χ1v) is 5.92. The lowest BCUT2D eigenvalue weighted by Gasteiger charge is -2.21. The van der Waals surface area contributed by atoms with Crippen LogP contribution >= 0.6 is 7.82 Å². The number of ether oxygens (including phenoxy) is 1. The van der Waals surface area contributed by atoms with Gasteiger partial charge in [-0.1, -0.05) is 0 Å². The highest BCUT2D eigenvalue weighted by atomic mass is 31.2. The van der Waals surface area contributed by atoms with Crippen molar-refractivity contribution in [1.82, 2.24) is 0 Å². The summed E-state index contributed by atoms with van der Waals surface area (Å²) in [4.78, 5) is 31.2. The number of aliphatic hydroxyl groups excluding tert-OH is 2. The molecule has 4 unspecified atom stereocenters. The zero-order chi connectivity index (χ0) is 13.2. The van der Waals surface area contributed by atoms with Gasteiger partial charge >= 0.3 is 13.8 Å². The van der Waals surface area contributed by atoms with Crippen LogP contribution in [-0.2, 0) is 27.9 Å². The molecule has 10 heteroatoms. The Morgan fingerprint density at radius 3 is 2.59 bits per heavy atom. The number of carbonyl (C=O) groups is 2. The molecule has 0 spiro atoms. The van der Waals surface area contributed by atoms with E-state index in [1.54, 1.807) is 0 Å². The number of cyclic esters (lactones) is 1. The second-order valence-corrected chi connectivity index (χ2v) is 4.67. The first-order valence-electron chi connectivity index (χ1n) is 4.43. The van der Waals surface area contributed by atoms with Crippen LogP contribution in [0.2, 0.25) is 0 Å². The lowest BCUT2D eigenvalue weighted by Crippen LogP contribution is -2.40. The summed E-state index contributed by atoms with van der Waals surface area (Å²) in [5.74, 6) is -2.54. The average molecular weight is 270 g/mol. The molecule has 1 heterocycles. The van der Waals surface area contributed by atoms with Crippen molar-refractivity contribution < 1.29 is 43.0 Å². The number of Topliss-reactive ketones (excluding diaryl/α,β-unsaturated/α-hetero) is 1. The fraction of sp³-hybridized carbons (Fsp3) is 0.714. The lowest BCUT2D eigenvalue weighted by atomic mass is 10.1. The molecule has 0 amide bonds. The monoisotopic (exact) mass is 270 g/mol. The summed E-state index contributed by atoms with van der Waals surface area (Å²) >= 11 is 0. The Kier molecular flexibility index (Phi) is 4.36. The fourth-order valence-electron chi connectivity index (χ4n) is 1.19. The smallest absolute Gasteiger partial charge is 0.450 e. The molecule has 0 aromatic heterocycles. The van der Waals surface area contributed by atoms with Crippen LogP contribution in [0, 0.1) is 0 Å². The maximum Gasteiger partial charge on any atom is 0.472 e. The molecular formula is C7H11O9P. The summed E-state index contributed by atoms with van der Waals surface area (Å²) in [6.07, 6.45) is -4.94. The number of hydrogen-bond donors (Lipinski definition) is 3. The standard InChI is InChI=1S/C7H11O9P/c1-14-17(12,13)16-6-4(10)7(11)15-5(6)3(9)2-8/h3,5-6,8-9H,2H2,1H3,(H,12,13). The third-order valence-corrected chi connectivity index (χ3v) is 3.00. The molecule has 98 valence electrons. The molecule has 0 bridgehead atoms. The summed E-state index contributed by atoms with van der Waals surface area (Å²) in [5.41, 5.74) is 0. The van der Waals surface area contributed by atoms with Crippen molar-refractivity contribution in [1.29, 1.82) is 0 Å². The molecule has 0 radical (unpaired) electrons. The van der Waals surface area contributed by atoms with E-state index in [1.807, 2.05) is 0 Å². The minimum atomic E-state index is -4.52. The number of phosphoric ester groups is 1. The Morgan fingerprint density at radius 1 is 1.53 bits per heavy atom. The summed E-state index contributed by atoms with van der Waals surface area (Å²) in [6, 6.07) is 0. The number of carbonyl (C=O) groups excluding carboxylic acids is 2. The molecule has 0 aromatic carbocycles. The highest BCUT2D eigenvalue weighted by molar-refractivity contribution is 7.47. The molecule has 1 fully saturated rings. The van der Waals surface area contributed by atoms with Gasteiger partial charge in [0, 0.05) is 7.11 Å².